The van der Waals surface area contributed by atoms with E-state index in [2.05, 4.69) is 17.9 Å². The van der Waals surface area contributed by atoms with Crippen LogP contribution in [0.3, 0.4) is 0 Å². The second kappa shape index (κ2) is 6.95. The van der Waals surface area contributed by atoms with Crippen LogP contribution in [0.1, 0.15) is 24.8 Å². The molecular weight excluding hydrogens is 274 g/mol. The lowest BCUT2D eigenvalue weighted by atomic mass is 10.0. The summed E-state index contributed by atoms with van der Waals surface area (Å²) in [5.74, 6) is 0.425. The summed E-state index contributed by atoms with van der Waals surface area (Å²) in [5, 5.41) is 0.783. The van der Waals surface area contributed by atoms with Crippen molar-refractivity contribution in [3.8, 4) is 0 Å². The largest absolute Gasteiger partial charge is 0.351 e. The Bertz CT molecular complexity index is 466. The highest BCUT2D eigenvalue weighted by Gasteiger charge is 2.19. The Balaban J connectivity index is 1.91. The SMILES string of the molecule is CC(CN1CCCN(C(N)=O)CC1)c1cccc(Cl)c1. The number of primary amides is 1. The van der Waals surface area contributed by atoms with Crippen molar-refractivity contribution in [1.82, 2.24) is 9.80 Å². The molecule has 0 aromatic heterocycles. The van der Waals surface area contributed by atoms with E-state index in [1.807, 2.05) is 18.2 Å². The first kappa shape index (κ1) is 15.1. The van der Waals surface area contributed by atoms with Gasteiger partial charge in [-0.2, -0.15) is 0 Å². The molecule has 2 N–H and O–H groups in total. The van der Waals surface area contributed by atoms with Crippen molar-refractivity contribution >= 4 is 17.6 Å². The lowest BCUT2D eigenvalue weighted by Gasteiger charge is -2.24. The van der Waals surface area contributed by atoms with E-state index >= 15 is 0 Å². The Morgan fingerprint density at radius 2 is 2.15 bits per heavy atom. The van der Waals surface area contributed by atoms with E-state index in [1.165, 1.54) is 5.56 Å². The number of carbonyl (C=O) groups is 1. The molecule has 0 radical (unpaired) electrons. The highest BCUT2D eigenvalue weighted by molar-refractivity contribution is 6.30. The van der Waals surface area contributed by atoms with Gasteiger partial charge in [-0.15, -0.1) is 0 Å². The first-order chi connectivity index (χ1) is 9.56. The molecule has 110 valence electrons. The summed E-state index contributed by atoms with van der Waals surface area (Å²) in [4.78, 5) is 15.3. The second-order valence-corrected chi connectivity index (χ2v) is 5.87. The third-order valence-corrected chi connectivity index (χ3v) is 4.09. The van der Waals surface area contributed by atoms with Crippen molar-refractivity contribution in [2.45, 2.75) is 19.3 Å². The van der Waals surface area contributed by atoms with Crippen LogP contribution in [0, 0.1) is 0 Å². The average Bonchev–Trinajstić information content (AvgIpc) is 2.64. The molecule has 0 spiro atoms. The van der Waals surface area contributed by atoms with Crippen molar-refractivity contribution in [1.29, 1.82) is 0 Å². The number of nitrogens with two attached hydrogens (primary N) is 1. The number of hydrogen-bond acceptors (Lipinski definition) is 2. The summed E-state index contributed by atoms with van der Waals surface area (Å²) in [7, 11) is 0. The van der Waals surface area contributed by atoms with Crippen LogP contribution in [0.15, 0.2) is 24.3 Å². The van der Waals surface area contributed by atoms with Crippen molar-refractivity contribution < 1.29 is 4.79 Å². The fourth-order valence-electron chi connectivity index (χ4n) is 2.68. The van der Waals surface area contributed by atoms with Gasteiger partial charge in [-0.05, 0) is 36.6 Å². The van der Waals surface area contributed by atoms with E-state index in [1.54, 1.807) is 4.90 Å². The van der Waals surface area contributed by atoms with E-state index in [9.17, 15) is 4.79 Å². The molecule has 0 bridgehead atoms. The maximum atomic E-state index is 11.2. The van der Waals surface area contributed by atoms with Crippen LogP contribution in [-0.2, 0) is 0 Å². The standard InChI is InChI=1S/C15H22ClN3O/c1-12(13-4-2-5-14(16)10-13)11-18-6-3-7-19(9-8-18)15(17)20/h2,4-5,10,12H,3,6-9,11H2,1H3,(H2,17,20). The van der Waals surface area contributed by atoms with Crippen molar-refractivity contribution in [2.75, 3.05) is 32.7 Å². The zero-order valence-corrected chi connectivity index (χ0v) is 12.6. The first-order valence-electron chi connectivity index (χ1n) is 7.08. The van der Waals surface area contributed by atoms with E-state index in [0.29, 0.717) is 5.92 Å². The van der Waals surface area contributed by atoms with Crippen LogP contribution < -0.4 is 5.73 Å². The predicted molar refractivity (Wildman–Crippen MR) is 82.1 cm³/mol. The second-order valence-electron chi connectivity index (χ2n) is 5.44. The predicted octanol–water partition coefficient (Wildman–Crippen LogP) is 2.53. The molecule has 4 nitrogen and oxygen atoms in total. The molecule has 1 fully saturated rings. The number of rotatable bonds is 3. The van der Waals surface area contributed by atoms with Gasteiger partial charge in [0.25, 0.3) is 0 Å². The van der Waals surface area contributed by atoms with E-state index in [4.69, 9.17) is 17.3 Å². The molecule has 1 saturated heterocycles. The summed E-state index contributed by atoms with van der Waals surface area (Å²) >= 11 is 6.04. The quantitative estimate of drug-likeness (QED) is 0.931. The van der Waals surface area contributed by atoms with Gasteiger partial charge < -0.3 is 15.5 Å². The molecule has 1 aliphatic heterocycles. The highest BCUT2D eigenvalue weighted by atomic mass is 35.5. The molecule has 0 aliphatic carbocycles. The van der Waals surface area contributed by atoms with Crippen molar-refractivity contribution in [3.05, 3.63) is 34.9 Å². The van der Waals surface area contributed by atoms with Crippen LogP contribution in [0.4, 0.5) is 4.79 Å². The van der Waals surface area contributed by atoms with Gasteiger partial charge in [0.2, 0.25) is 0 Å². The summed E-state index contributed by atoms with van der Waals surface area (Å²) in [6, 6.07) is 7.72. The molecule has 2 rings (SSSR count). The summed E-state index contributed by atoms with van der Waals surface area (Å²) in [5.41, 5.74) is 6.60. The molecule has 0 saturated carbocycles. The molecule has 1 unspecified atom stereocenters. The van der Waals surface area contributed by atoms with Gasteiger partial charge in [0.1, 0.15) is 0 Å². The average molecular weight is 296 g/mol. The van der Waals surface area contributed by atoms with Crippen LogP contribution in [0.25, 0.3) is 0 Å². The Morgan fingerprint density at radius 1 is 1.35 bits per heavy atom. The maximum Gasteiger partial charge on any atom is 0.314 e. The summed E-state index contributed by atoms with van der Waals surface area (Å²) < 4.78 is 0. The minimum absolute atomic E-state index is 0.310. The fraction of sp³-hybridized carbons (Fsp3) is 0.533. The number of halogens is 1. The Labute approximate surface area is 125 Å². The van der Waals surface area contributed by atoms with Gasteiger partial charge in [0.15, 0.2) is 0 Å². The van der Waals surface area contributed by atoms with E-state index in [-0.39, 0.29) is 6.03 Å². The monoisotopic (exact) mass is 295 g/mol. The number of amides is 2. The van der Waals surface area contributed by atoms with Crippen LogP contribution in [-0.4, -0.2) is 48.6 Å². The van der Waals surface area contributed by atoms with Gasteiger partial charge in [0, 0.05) is 31.2 Å². The van der Waals surface area contributed by atoms with Crippen LogP contribution in [0.2, 0.25) is 5.02 Å². The maximum absolute atomic E-state index is 11.2. The Morgan fingerprint density at radius 3 is 2.85 bits per heavy atom. The number of hydrogen-bond donors (Lipinski definition) is 1. The van der Waals surface area contributed by atoms with Gasteiger partial charge in [-0.3, -0.25) is 0 Å². The normalized spacial score (nSPS) is 18.6. The van der Waals surface area contributed by atoms with Crippen LogP contribution in [0.5, 0.6) is 0 Å². The molecule has 1 aromatic carbocycles. The summed E-state index contributed by atoms with van der Waals surface area (Å²) in [6.07, 6.45) is 0.977. The van der Waals surface area contributed by atoms with Gasteiger partial charge >= 0.3 is 6.03 Å². The van der Waals surface area contributed by atoms with Crippen LogP contribution >= 0.6 is 11.6 Å². The number of benzene rings is 1. The molecule has 1 aliphatic rings. The molecular formula is C15H22ClN3O. The molecule has 1 atom stereocenters. The Kier molecular flexibility index (Phi) is 5.26. The number of nitrogens with zero attached hydrogens (tertiary/aromatic N) is 2. The molecule has 5 heteroatoms. The zero-order chi connectivity index (χ0) is 14.5. The van der Waals surface area contributed by atoms with Gasteiger partial charge in [-0.25, -0.2) is 4.79 Å². The smallest absolute Gasteiger partial charge is 0.314 e. The van der Waals surface area contributed by atoms with Crippen molar-refractivity contribution in [2.24, 2.45) is 5.73 Å². The lowest BCUT2D eigenvalue weighted by molar-refractivity contribution is 0.207. The topological polar surface area (TPSA) is 49.6 Å². The van der Waals surface area contributed by atoms with Gasteiger partial charge in [-0.1, -0.05) is 30.7 Å². The van der Waals surface area contributed by atoms with Gasteiger partial charge in [0.05, 0.1) is 0 Å². The summed E-state index contributed by atoms with van der Waals surface area (Å²) in [6.45, 7) is 6.56. The van der Waals surface area contributed by atoms with E-state index < -0.39 is 0 Å². The molecule has 2 amide bonds. The minimum Gasteiger partial charge on any atom is -0.351 e. The number of urea groups is 1. The molecule has 20 heavy (non-hydrogen) atoms. The zero-order valence-electron chi connectivity index (χ0n) is 11.9. The third kappa shape index (κ3) is 4.12. The highest BCUT2D eigenvalue weighted by Crippen LogP contribution is 2.20. The minimum atomic E-state index is -0.310. The molecule has 1 aromatic rings. The first-order valence-corrected chi connectivity index (χ1v) is 7.46. The fourth-order valence-corrected chi connectivity index (χ4v) is 2.88. The lowest BCUT2D eigenvalue weighted by Crippen LogP contribution is -2.39. The van der Waals surface area contributed by atoms with Crippen molar-refractivity contribution in [3.63, 3.8) is 0 Å². The Hall–Kier alpha value is -1.26. The number of carbonyl (C=O) groups excluding carboxylic acids is 1. The van der Waals surface area contributed by atoms with E-state index in [0.717, 1.165) is 44.2 Å². The third-order valence-electron chi connectivity index (χ3n) is 3.85. The molecule has 1 heterocycles.